The van der Waals surface area contributed by atoms with Crippen LogP contribution in [0.1, 0.15) is 0 Å². The molecule has 0 bridgehead atoms. The summed E-state index contributed by atoms with van der Waals surface area (Å²) in [5.74, 6) is -0.0159. The summed E-state index contributed by atoms with van der Waals surface area (Å²) in [6, 6.07) is 1.38. The molecule has 2 N–H and O–H groups in total. The fourth-order valence-electron chi connectivity index (χ4n) is 0.989. The van der Waals surface area contributed by atoms with Crippen LogP contribution in [0.3, 0.4) is 0 Å². The van der Waals surface area contributed by atoms with E-state index in [1.807, 2.05) is 0 Å². The summed E-state index contributed by atoms with van der Waals surface area (Å²) in [4.78, 5) is 8.36. The second-order valence-electron chi connectivity index (χ2n) is 2.43. The van der Waals surface area contributed by atoms with Crippen LogP contribution in [0.4, 0.5) is 13.9 Å². The number of fused-ring (bicyclic) bond motifs is 1. The highest BCUT2D eigenvalue weighted by molar-refractivity contribution is 7.21. The lowest BCUT2D eigenvalue weighted by molar-refractivity contribution is -0.0499. The van der Waals surface area contributed by atoms with Gasteiger partial charge in [0.1, 0.15) is 16.1 Å². The van der Waals surface area contributed by atoms with Crippen LogP contribution in [0.5, 0.6) is 5.75 Å². The van der Waals surface area contributed by atoms with E-state index < -0.39 is 6.61 Å². The Hall–Kier alpha value is -1.50. The lowest BCUT2D eigenvalue weighted by Gasteiger charge is -2.01. The van der Waals surface area contributed by atoms with Gasteiger partial charge in [0, 0.05) is 6.07 Å². The van der Waals surface area contributed by atoms with Crippen LogP contribution < -0.4 is 10.5 Å². The number of nitrogen functional groups attached to an aromatic ring is 1. The Morgan fingerprint density at radius 1 is 1.50 bits per heavy atom. The molecule has 0 radical (unpaired) electrons. The van der Waals surface area contributed by atoms with Gasteiger partial charge in [-0.25, -0.2) is 9.97 Å². The molecule has 0 aliphatic heterocycles. The molecule has 0 saturated carbocycles. The van der Waals surface area contributed by atoms with Gasteiger partial charge in [-0.1, -0.05) is 11.3 Å². The molecule has 0 atom stereocenters. The fraction of sp³-hybridized carbons (Fsp3) is 0.143. The Morgan fingerprint density at radius 2 is 2.29 bits per heavy atom. The zero-order chi connectivity index (χ0) is 10.1. The largest absolute Gasteiger partial charge is 0.433 e. The Kier molecular flexibility index (Phi) is 2.16. The van der Waals surface area contributed by atoms with Crippen molar-refractivity contribution < 1.29 is 13.5 Å². The molecule has 2 aromatic heterocycles. The molecule has 74 valence electrons. The molecule has 7 heteroatoms. The lowest BCUT2D eigenvalue weighted by Crippen LogP contribution is -2.01. The molecule has 0 unspecified atom stereocenters. The SMILES string of the molecule is Nc1nc2cc(OC(F)F)cnc2s1. The molecular weight excluding hydrogens is 212 g/mol. The number of nitrogens with zero attached hydrogens (tertiary/aromatic N) is 2. The Balaban J connectivity index is 2.40. The van der Waals surface area contributed by atoms with Crippen molar-refractivity contribution in [3.8, 4) is 5.75 Å². The first-order chi connectivity index (χ1) is 6.65. The first-order valence-electron chi connectivity index (χ1n) is 3.62. The number of thiazole rings is 1. The highest BCUT2D eigenvalue weighted by Gasteiger charge is 2.07. The second-order valence-corrected chi connectivity index (χ2v) is 3.44. The monoisotopic (exact) mass is 217 g/mol. The van der Waals surface area contributed by atoms with Crippen LogP contribution in [0, 0.1) is 0 Å². The van der Waals surface area contributed by atoms with Crippen molar-refractivity contribution >= 4 is 26.8 Å². The van der Waals surface area contributed by atoms with Gasteiger partial charge < -0.3 is 10.5 Å². The normalized spacial score (nSPS) is 11.1. The number of alkyl halides is 2. The molecule has 0 fully saturated rings. The van der Waals surface area contributed by atoms with Crippen LogP contribution in [0.2, 0.25) is 0 Å². The van der Waals surface area contributed by atoms with Crippen LogP contribution in [-0.2, 0) is 0 Å². The van der Waals surface area contributed by atoms with Crippen molar-refractivity contribution in [2.75, 3.05) is 5.73 Å². The van der Waals surface area contributed by atoms with E-state index in [4.69, 9.17) is 5.73 Å². The Labute approximate surface area is 81.3 Å². The third-order valence-corrected chi connectivity index (χ3v) is 2.27. The van der Waals surface area contributed by atoms with Crippen molar-refractivity contribution in [1.82, 2.24) is 9.97 Å². The third-order valence-electron chi connectivity index (χ3n) is 1.46. The van der Waals surface area contributed by atoms with Crippen LogP contribution in [-0.4, -0.2) is 16.6 Å². The van der Waals surface area contributed by atoms with E-state index in [9.17, 15) is 8.78 Å². The summed E-state index contributed by atoms with van der Waals surface area (Å²) >= 11 is 1.19. The van der Waals surface area contributed by atoms with Gasteiger partial charge >= 0.3 is 6.61 Å². The number of anilines is 1. The van der Waals surface area contributed by atoms with Gasteiger partial charge in [0.2, 0.25) is 0 Å². The average Bonchev–Trinajstić information content (AvgIpc) is 2.42. The zero-order valence-corrected chi connectivity index (χ0v) is 7.59. The first-order valence-corrected chi connectivity index (χ1v) is 4.43. The average molecular weight is 217 g/mol. The molecule has 0 aliphatic rings. The molecule has 0 aromatic carbocycles. The third kappa shape index (κ3) is 1.72. The summed E-state index contributed by atoms with van der Waals surface area (Å²) in [7, 11) is 0. The molecule has 2 aromatic rings. The van der Waals surface area contributed by atoms with Gasteiger partial charge in [-0.05, 0) is 0 Å². The van der Waals surface area contributed by atoms with Crippen molar-refractivity contribution in [3.63, 3.8) is 0 Å². The number of aromatic nitrogens is 2. The number of hydrogen-bond acceptors (Lipinski definition) is 5. The summed E-state index contributed by atoms with van der Waals surface area (Å²) < 4.78 is 27.8. The Morgan fingerprint density at radius 3 is 3.00 bits per heavy atom. The maximum atomic E-state index is 11.8. The molecule has 0 amide bonds. The highest BCUT2D eigenvalue weighted by atomic mass is 32.1. The summed E-state index contributed by atoms with van der Waals surface area (Å²) in [5, 5.41) is 0.349. The van der Waals surface area contributed by atoms with E-state index in [2.05, 4.69) is 14.7 Å². The van der Waals surface area contributed by atoms with Crippen LogP contribution >= 0.6 is 11.3 Å². The first kappa shape index (κ1) is 9.07. The van der Waals surface area contributed by atoms with E-state index in [-0.39, 0.29) is 5.75 Å². The topological polar surface area (TPSA) is 61.0 Å². The van der Waals surface area contributed by atoms with Gasteiger partial charge in [-0.3, -0.25) is 0 Å². The lowest BCUT2D eigenvalue weighted by atomic mass is 10.4. The molecule has 2 rings (SSSR count). The molecule has 14 heavy (non-hydrogen) atoms. The number of halogens is 2. The highest BCUT2D eigenvalue weighted by Crippen LogP contribution is 2.25. The maximum absolute atomic E-state index is 11.8. The fourth-order valence-corrected chi connectivity index (χ4v) is 1.65. The minimum absolute atomic E-state index is 0.0159. The van der Waals surface area contributed by atoms with Gasteiger partial charge in [-0.15, -0.1) is 0 Å². The standard InChI is InChI=1S/C7H5F2N3OS/c8-6(9)13-3-1-4-5(11-2-3)14-7(10)12-4/h1-2,6H,(H2,10,12). The van der Waals surface area contributed by atoms with Crippen molar-refractivity contribution in [3.05, 3.63) is 12.3 Å². The van der Waals surface area contributed by atoms with E-state index in [1.54, 1.807) is 0 Å². The minimum atomic E-state index is -2.86. The van der Waals surface area contributed by atoms with Crippen LogP contribution in [0.25, 0.3) is 10.3 Å². The van der Waals surface area contributed by atoms with Crippen molar-refractivity contribution in [1.29, 1.82) is 0 Å². The number of nitrogens with two attached hydrogens (primary N) is 1. The van der Waals surface area contributed by atoms with Gasteiger partial charge in [0.15, 0.2) is 5.13 Å². The van der Waals surface area contributed by atoms with Gasteiger partial charge in [0.05, 0.1) is 6.20 Å². The van der Waals surface area contributed by atoms with E-state index >= 15 is 0 Å². The quantitative estimate of drug-likeness (QED) is 0.834. The van der Waals surface area contributed by atoms with E-state index in [0.717, 1.165) is 0 Å². The number of hydrogen-bond donors (Lipinski definition) is 1. The van der Waals surface area contributed by atoms with Gasteiger partial charge in [-0.2, -0.15) is 8.78 Å². The number of ether oxygens (including phenoxy) is 1. The summed E-state index contributed by atoms with van der Waals surface area (Å²) in [6.45, 7) is -2.86. The molecule has 2 heterocycles. The zero-order valence-electron chi connectivity index (χ0n) is 6.78. The second kappa shape index (κ2) is 3.33. The van der Waals surface area contributed by atoms with E-state index in [1.165, 1.54) is 23.6 Å². The smallest absolute Gasteiger partial charge is 0.387 e. The molecular formula is C7H5F2N3OS. The van der Waals surface area contributed by atoms with Crippen molar-refractivity contribution in [2.24, 2.45) is 0 Å². The van der Waals surface area contributed by atoms with Crippen LogP contribution in [0.15, 0.2) is 12.3 Å². The molecule has 0 aliphatic carbocycles. The summed E-state index contributed by atoms with van der Waals surface area (Å²) in [6.07, 6.45) is 1.21. The summed E-state index contributed by atoms with van der Waals surface area (Å²) in [5.41, 5.74) is 5.88. The predicted molar refractivity (Wildman–Crippen MR) is 48.5 cm³/mol. The van der Waals surface area contributed by atoms with Gasteiger partial charge in [0.25, 0.3) is 0 Å². The molecule has 0 saturated heterocycles. The Bertz CT molecular complexity index is 459. The molecule has 4 nitrogen and oxygen atoms in total. The minimum Gasteiger partial charge on any atom is -0.433 e. The van der Waals surface area contributed by atoms with E-state index in [0.29, 0.717) is 15.5 Å². The number of pyridine rings is 1. The number of rotatable bonds is 2. The maximum Gasteiger partial charge on any atom is 0.387 e. The van der Waals surface area contributed by atoms with Crippen molar-refractivity contribution in [2.45, 2.75) is 6.61 Å². The predicted octanol–water partition coefficient (Wildman–Crippen LogP) is 1.87. The molecule has 0 spiro atoms.